The van der Waals surface area contributed by atoms with Crippen LogP contribution in [0.5, 0.6) is 5.75 Å². The quantitative estimate of drug-likeness (QED) is 0.405. The van der Waals surface area contributed by atoms with Gasteiger partial charge in [-0.15, -0.1) is 0 Å². The van der Waals surface area contributed by atoms with Gasteiger partial charge in [0, 0.05) is 29.6 Å². The fourth-order valence-corrected chi connectivity index (χ4v) is 5.47. The van der Waals surface area contributed by atoms with E-state index >= 15 is 0 Å². The van der Waals surface area contributed by atoms with Crippen molar-refractivity contribution in [3.8, 4) is 5.75 Å². The highest BCUT2D eigenvalue weighted by Gasteiger charge is 2.42. The van der Waals surface area contributed by atoms with Crippen LogP contribution in [0, 0.1) is 11.6 Å². The summed E-state index contributed by atoms with van der Waals surface area (Å²) in [7, 11) is 0. The molecular weight excluding hydrogens is 420 g/mol. The molecule has 0 aliphatic heterocycles. The van der Waals surface area contributed by atoms with Crippen molar-refractivity contribution in [1.82, 2.24) is 5.32 Å². The van der Waals surface area contributed by atoms with Crippen molar-refractivity contribution < 1.29 is 18.3 Å². The van der Waals surface area contributed by atoms with E-state index in [0.717, 1.165) is 43.7 Å². The highest BCUT2D eigenvalue weighted by molar-refractivity contribution is 5.43. The molecule has 0 spiro atoms. The van der Waals surface area contributed by atoms with Gasteiger partial charge < -0.3 is 14.8 Å². The maximum absolute atomic E-state index is 14.6. The van der Waals surface area contributed by atoms with Gasteiger partial charge in [0.05, 0.1) is 12.2 Å². The first-order chi connectivity index (χ1) is 16.1. The predicted molar refractivity (Wildman–Crippen MR) is 129 cm³/mol. The molecule has 0 saturated heterocycles. The van der Waals surface area contributed by atoms with E-state index in [1.807, 2.05) is 32.1 Å². The first kappa shape index (κ1) is 24.4. The lowest BCUT2D eigenvalue weighted by molar-refractivity contribution is -0.0482. The standard InChI is InChI=1S/C28H39F2NO2/c1-3-8-19(4-2)18-32-28-25(15-20(29)16-26(28)30)24-17-27(24)31-21-11-13-23(14-12-21)33-22-9-6-5-7-10-22/h3-4,8,15-16,21-24,27,31H,5-7,9-14,17-18H2,1-2H3/b8-3-,19-4+. The zero-order valence-electron chi connectivity index (χ0n) is 20.1. The first-order valence-electron chi connectivity index (χ1n) is 12.9. The van der Waals surface area contributed by atoms with Gasteiger partial charge in [-0.05, 0) is 70.4 Å². The lowest BCUT2D eigenvalue weighted by Crippen LogP contribution is -2.38. The van der Waals surface area contributed by atoms with Gasteiger partial charge in [-0.1, -0.05) is 37.5 Å². The molecule has 0 bridgehead atoms. The molecule has 2 atom stereocenters. The summed E-state index contributed by atoms with van der Waals surface area (Å²) in [5.74, 6) is -0.871. The minimum Gasteiger partial charge on any atom is -0.486 e. The van der Waals surface area contributed by atoms with Crippen LogP contribution >= 0.6 is 0 Å². The summed E-state index contributed by atoms with van der Waals surface area (Å²) in [5.41, 5.74) is 1.61. The Morgan fingerprint density at radius 2 is 1.73 bits per heavy atom. The van der Waals surface area contributed by atoms with E-state index in [1.165, 1.54) is 38.2 Å². The van der Waals surface area contributed by atoms with Crippen molar-refractivity contribution in [2.75, 3.05) is 6.61 Å². The highest BCUT2D eigenvalue weighted by Crippen LogP contribution is 2.46. The lowest BCUT2D eigenvalue weighted by atomic mass is 9.91. The van der Waals surface area contributed by atoms with Gasteiger partial charge in [0.2, 0.25) is 0 Å². The van der Waals surface area contributed by atoms with Gasteiger partial charge in [0.25, 0.3) is 0 Å². The lowest BCUT2D eigenvalue weighted by Gasteiger charge is -2.33. The second kappa shape index (κ2) is 11.6. The van der Waals surface area contributed by atoms with Crippen LogP contribution in [0.3, 0.4) is 0 Å². The van der Waals surface area contributed by atoms with Gasteiger partial charge in [-0.25, -0.2) is 8.78 Å². The largest absolute Gasteiger partial charge is 0.486 e. The zero-order valence-corrected chi connectivity index (χ0v) is 20.1. The number of halogens is 2. The van der Waals surface area contributed by atoms with E-state index in [4.69, 9.17) is 9.47 Å². The van der Waals surface area contributed by atoms with Gasteiger partial charge in [0.1, 0.15) is 12.4 Å². The molecule has 0 aromatic heterocycles. The Bertz CT molecular complexity index is 839. The number of ether oxygens (including phenoxy) is 2. The molecule has 33 heavy (non-hydrogen) atoms. The molecule has 4 rings (SSSR count). The van der Waals surface area contributed by atoms with E-state index in [9.17, 15) is 8.78 Å². The summed E-state index contributed by atoms with van der Waals surface area (Å²) in [4.78, 5) is 0. The third-order valence-corrected chi connectivity index (χ3v) is 7.42. The molecule has 3 nitrogen and oxygen atoms in total. The van der Waals surface area contributed by atoms with E-state index in [2.05, 4.69) is 5.32 Å². The van der Waals surface area contributed by atoms with Crippen LogP contribution in [0.25, 0.3) is 0 Å². The summed E-state index contributed by atoms with van der Waals surface area (Å²) in [6, 6.07) is 3.08. The maximum atomic E-state index is 14.6. The third-order valence-electron chi connectivity index (χ3n) is 7.42. The summed E-state index contributed by atoms with van der Waals surface area (Å²) < 4.78 is 40.9. The molecular formula is C28H39F2NO2. The number of allylic oxidation sites excluding steroid dienone is 2. The summed E-state index contributed by atoms with van der Waals surface area (Å²) in [6.45, 7) is 4.13. The van der Waals surface area contributed by atoms with Crippen molar-refractivity contribution in [2.45, 2.75) is 108 Å². The Morgan fingerprint density at radius 1 is 1.00 bits per heavy atom. The fourth-order valence-electron chi connectivity index (χ4n) is 5.47. The molecule has 3 aliphatic rings. The predicted octanol–water partition coefficient (Wildman–Crippen LogP) is 6.97. The van der Waals surface area contributed by atoms with Crippen molar-refractivity contribution in [3.05, 3.63) is 53.1 Å². The first-order valence-corrected chi connectivity index (χ1v) is 12.9. The smallest absolute Gasteiger partial charge is 0.168 e. The molecule has 2 unspecified atom stereocenters. The topological polar surface area (TPSA) is 30.5 Å². The Labute approximate surface area is 197 Å². The average molecular weight is 460 g/mol. The van der Waals surface area contributed by atoms with Crippen LogP contribution < -0.4 is 10.1 Å². The number of nitrogens with one attached hydrogen (secondary N) is 1. The third kappa shape index (κ3) is 6.66. The number of rotatable bonds is 9. The Balaban J connectivity index is 1.30. The summed E-state index contributed by atoms with van der Waals surface area (Å²) in [5, 5.41) is 3.75. The molecule has 1 aromatic rings. The molecule has 0 radical (unpaired) electrons. The summed E-state index contributed by atoms with van der Waals surface area (Å²) in [6.07, 6.45) is 18.4. The SMILES string of the molecule is C/C=C\C(=C/C)COc1c(F)cc(F)cc1C1CC1NC1CCC(OC2CCCCC2)CC1. The molecule has 0 heterocycles. The Kier molecular flexibility index (Phi) is 8.59. The molecule has 3 fully saturated rings. The number of benzene rings is 1. The van der Waals surface area contributed by atoms with Crippen LogP contribution in [0.2, 0.25) is 0 Å². The van der Waals surface area contributed by atoms with Gasteiger partial charge >= 0.3 is 0 Å². The van der Waals surface area contributed by atoms with Gasteiger partial charge in [-0.3, -0.25) is 0 Å². The Hall–Kier alpha value is -1.72. The van der Waals surface area contributed by atoms with E-state index in [-0.39, 0.29) is 24.3 Å². The maximum Gasteiger partial charge on any atom is 0.168 e. The molecule has 5 heteroatoms. The van der Waals surface area contributed by atoms with E-state index in [1.54, 1.807) is 0 Å². The van der Waals surface area contributed by atoms with Crippen molar-refractivity contribution in [1.29, 1.82) is 0 Å². The number of hydrogen-bond acceptors (Lipinski definition) is 3. The van der Waals surface area contributed by atoms with Crippen LogP contribution in [0.4, 0.5) is 8.78 Å². The van der Waals surface area contributed by atoms with Gasteiger partial charge in [-0.2, -0.15) is 0 Å². The molecule has 3 aliphatic carbocycles. The normalized spacial score (nSPS) is 28.9. The van der Waals surface area contributed by atoms with Crippen molar-refractivity contribution >= 4 is 0 Å². The van der Waals surface area contributed by atoms with Crippen LogP contribution in [-0.4, -0.2) is 30.9 Å². The molecule has 1 aromatic carbocycles. The molecule has 182 valence electrons. The molecule has 3 saturated carbocycles. The van der Waals surface area contributed by atoms with Gasteiger partial charge in [0.15, 0.2) is 11.6 Å². The average Bonchev–Trinajstić information content (AvgIpc) is 3.58. The van der Waals surface area contributed by atoms with Crippen molar-refractivity contribution in [3.63, 3.8) is 0 Å². The van der Waals surface area contributed by atoms with Crippen molar-refractivity contribution in [2.24, 2.45) is 0 Å². The highest BCUT2D eigenvalue weighted by atomic mass is 19.1. The minimum atomic E-state index is -0.619. The summed E-state index contributed by atoms with van der Waals surface area (Å²) >= 11 is 0. The second-order valence-electron chi connectivity index (χ2n) is 9.94. The van der Waals surface area contributed by atoms with Crippen LogP contribution in [0.15, 0.2) is 35.9 Å². The zero-order chi connectivity index (χ0) is 23.2. The van der Waals surface area contributed by atoms with Crippen LogP contribution in [0.1, 0.15) is 89.5 Å². The monoisotopic (exact) mass is 459 g/mol. The molecule has 0 amide bonds. The van der Waals surface area contributed by atoms with E-state index < -0.39 is 11.6 Å². The van der Waals surface area contributed by atoms with E-state index in [0.29, 0.717) is 23.8 Å². The fraction of sp³-hybridized carbons (Fsp3) is 0.643. The minimum absolute atomic E-state index is 0.0946. The number of hydrogen-bond donors (Lipinski definition) is 1. The second-order valence-corrected chi connectivity index (χ2v) is 9.94. The van der Waals surface area contributed by atoms with Crippen LogP contribution in [-0.2, 0) is 4.74 Å². The Morgan fingerprint density at radius 3 is 2.42 bits per heavy atom. The molecule has 1 N–H and O–H groups in total.